The van der Waals surface area contributed by atoms with Crippen LogP contribution in [0, 0.1) is 5.21 Å². The van der Waals surface area contributed by atoms with Crippen molar-refractivity contribution in [3.63, 3.8) is 0 Å². The first-order chi connectivity index (χ1) is 4.86. The summed E-state index contributed by atoms with van der Waals surface area (Å²) in [5, 5.41) is 12.8. The Balaban J connectivity index is 2.91. The lowest BCUT2D eigenvalue weighted by Gasteiger charge is -2.55. The molecule has 0 aromatic heterocycles. The average Bonchev–Trinajstić information content (AvgIpc) is 1.82. The summed E-state index contributed by atoms with van der Waals surface area (Å²) in [7, 11) is 0. The van der Waals surface area contributed by atoms with Gasteiger partial charge in [0, 0.05) is 11.1 Å². The van der Waals surface area contributed by atoms with Crippen LogP contribution < -0.4 is 0 Å². The number of nitrogens with zero attached hydrogens (tertiary/aromatic N) is 1. The molecule has 0 aromatic carbocycles. The van der Waals surface area contributed by atoms with Crippen molar-refractivity contribution >= 4 is 0 Å². The predicted molar refractivity (Wildman–Crippen MR) is 47.1 cm³/mol. The van der Waals surface area contributed by atoms with Gasteiger partial charge < -0.3 is 10.3 Å². The van der Waals surface area contributed by atoms with E-state index in [0.717, 1.165) is 6.42 Å². The average molecular weight is 154 g/mol. The van der Waals surface area contributed by atoms with Gasteiger partial charge in [0.25, 0.3) is 0 Å². The SMILES string of the molecule is CC1(C)C=CCC(C)(C)N1[O-]. The standard InChI is InChI=1S/C9H16NO/c1-8(2)6-5-7-9(3,4)10(8)11/h5-6H,7H2,1-4H3/q-1. The zero-order chi connectivity index (χ0) is 8.70. The van der Waals surface area contributed by atoms with Crippen molar-refractivity contribution in [2.75, 3.05) is 0 Å². The van der Waals surface area contributed by atoms with E-state index in [1.54, 1.807) is 0 Å². The normalized spacial score (nSPS) is 28.8. The number of hydrogen-bond donors (Lipinski definition) is 0. The molecule has 0 unspecified atom stereocenters. The van der Waals surface area contributed by atoms with E-state index < -0.39 is 0 Å². The minimum Gasteiger partial charge on any atom is -0.784 e. The largest absolute Gasteiger partial charge is 0.784 e. The molecule has 0 amide bonds. The molecule has 11 heavy (non-hydrogen) atoms. The molecule has 0 bridgehead atoms. The molecule has 0 atom stereocenters. The maximum Gasteiger partial charge on any atom is 0.0222 e. The van der Waals surface area contributed by atoms with Gasteiger partial charge in [0.1, 0.15) is 0 Å². The molecule has 2 heteroatoms. The molecule has 64 valence electrons. The van der Waals surface area contributed by atoms with Crippen LogP contribution in [0.4, 0.5) is 0 Å². The molecular formula is C9H16NO-. The second-order valence-corrected chi connectivity index (χ2v) is 4.37. The van der Waals surface area contributed by atoms with Gasteiger partial charge in [0.2, 0.25) is 0 Å². The Hall–Kier alpha value is -0.340. The van der Waals surface area contributed by atoms with Crippen LogP contribution in [0.25, 0.3) is 0 Å². The summed E-state index contributed by atoms with van der Waals surface area (Å²) in [5.41, 5.74) is -0.569. The van der Waals surface area contributed by atoms with Crippen molar-refractivity contribution in [1.29, 1.82) is 0 Å². The molecule has 1 aliphatic heterocycles. The second-order valence-electron chi connectivity index (χ2n) is 4.37. The Morgan fingerprint density at radius 2 is 1.82 bits per heavy atom. The first kappa shape index (κ1) is 8.75. The lowest BCUT2D eigenvalue weighted by Crippen LogP contribution is -2.52. The molecule has 0 spiro atoms. The molecule has 0 saturated carbocycles. The Bertz CT molecular complexity index is 182. The van der Waals surface area contributed by atoms with Crippen molar-refractivity contribution in [2.24, 2.45) is 0 Å². The van der Waals surface area contributed by atoms with Crippen molar-refractivity contribution in [3.05, 3.63) is 17.4 Å². The van der Waals surface area contributed by atoms with E-state index in [1.165, 1.54) is 5.06 Å². The van der Waals surface area contributed by atoms with Crippen LogP contribution in [0.2, 0.25) is 0 Å². The van der Waals surface area contributed by atoms with E-state index in [-0.39, 0.29) is 11.1 Å². The fraction of sp³-hybridized carbons (Fsp3) is 0.778. The van der Waals surface area contributed by atoms with Gasteiger partial charge in [-0.15, -0.1) is 0 Å². The Morgan fingerprint density at radius 1 is 1.27 bits per heavy atom. The minimum absolute atomic E-state index is 0.238. The zero-order valence-electron chi connectivity index (χ0n) is 7.72. The monoisotopic (exact) mass is 154 g/mol. The topological polar surface area (TPSA) is 26.3 Å². The molecule has 0 aliphatic carbocycles. The Kier molecular flexibility index (Phi) is 1.85. The summed E-state index contributed by atoms with van der Waals surface area (Å²) in [6.07, 6.45) is 4.92. The molecule has 1 heterocycles. The summed E-state index contributed by atoms with van der Waals surface area (Å²) in [6.45, 7) is 7.84. The van der Waals surface area contributed by atoms with E-state index in [4.69, 9.17) is 0 Å². The van der Waals surface area contributed by atoms with Gasteiger partial charge in [-0.05, 0) is 34.1 Å². The van der Waals surface area contributed by atoms with Crippen molar-refractivity contribution in [2.45, 2.75) is 45.2 Å². The number of hydrogen-bond acceptors (Lipinski definition) is 2. The Morgan fingerprint density at radius 3 is 2.18 bits per heavy atom. The van der Waals surface area contributed by atoms with Crippen LogP contribution in [-0.4, -0.2) is 16.1 Å². The van der Waals surface area contributed by atoms with Crippen molar-refractivity contribution in [3.8, 4) is 0 Å². The maximum absolute atomic E-state index is 11.6. The van der Waals surface area contributed by atoms with Crippen LogP contribution in [0.3, 0.4) is 0 Å². The van der Waals surface area contributed by atoms with E-state index in [1.807, 2.05) is 33.8 Å². The zero-order valence-corrected chi connectivity index (χ0v) is 7.72. The highest BCUT2D eigenvalue weighted by Gasteiger charge is 2.31. The summed E-state index contributed by atoms with van der Waals surface area (Å²) < 4.78 is 0. The highest BCUT2D eigenvalue weighted by Crippen LogP contribution is 2.32. The quantitative estimate of drug-likeness (QED) is 0.500. The van der Waals surface area contributed by atoms with Crippen LogP contribution in [-0.2, 0) is 0 Å². The summed E-state index contributed by atoms with van der Waals surface area (Å²) >= 11 is 0. The number of rotatable bonds is 0. The van der Waals surface area contributed by atoms with Crippen LogP contribution in [0.1, 0.15) is 34.1 Å². The first-order valence-corrected chi connectivity index (χ1v) is 4.01. The first-order valence-electron chi connectivity index (χ1n) is 4.01. The van der Waals surface area contributed by atoms with Crippen LogP contribution in [0.5, 0.6) is 0 Å². The molecule has 0 fully saturated rings. The predicted octanol–water partition coefficient (Wildman–Crippen LogP) is 2.30. The van der Waals surface area contributed by atoms with E-state index in [0.29, 0.717) is 0 Å². The summed E-state index contributed by atoms with van der Waals surface area (Å²) in [4.78, 5) is 0. The van der Waals surface area contributed by atoms with Gasteiger partial charge >= 0.3 is 0 Å². The lowest BCUT2D eigenvalue weighted by atomic mass is 9.88. The third-order valence-corrected chi connectivity index (χ3v) is 2.22. The molecule has 1 aliphatic rings. The third-order valence-electron chi connectivity index (χ3n) is 2.22. The molecule has 0 radical (unpaired) electrons. The van der Waals surface area contributed by atoms with E-state index >= 15 is 0 Å². The van der Waals surface area contributed by atoms with Crippen molar-refractivity contribution < 1.29 is 0 Å². The molecule has 2 nitrogen and oxygen atoms in total. The second kappa shape index (κ2) is 2.32. The highest BCUT2D eigenvalue weighted by atomic mass is 16.5. The van der Waals surface area contributed by atoms with E-state index in [9.17, 15) is 5.21 Å². The fourth-order valence-electron chi connectivity index (χ4n) is 1.57. The van der Waals surface area contributed by atoms with Crippen LogP contribution in [0.15, 0.2) is 12.2 Å². The van der Waals surface area contributed by atoms with Gasteiger partial charge in [0.05, 0.1) is 0 Å². The Labute approximate surface area is 68.5 Å². The van der Waals surface area contributed by atoms with Gasteiger partial charge in [-0.3, -0.25) is 0 Å². The van der Waals surface area contributed by atoms with Gasteiger partial charge in [-0.25, -0.2) is 0 Å². The molecular weight excluding hydrogens is 138 g/mol. The van der Waals surface area contributed by atoms with Crippen LogP contribution >= 0.6 is 0 Å². The molecule has 0 N–H and O–H groups in total. The molecule has 0 aromatic rings. The molecule has 1 rings (SSSR count). The lowest BCUT2D eigenvalue weighted by molar-refractivity contribution is 0.0922. The summed E-state index contributed by atoms with van der Waals surface area (Å²) in [6, 6.07) is 0. The highest BCUT2D eigenvalue weighted by molar-refractivity contribution is 5.13. The van der Waals surface area contributed by atoms with Crippen molar-refractivity contribution in [1.82, 2.24) is 5.06 Å². The fourth-order valence-corrected chi connectivity index (χ4v) is 1.57. The van der Waals surface area contributed by atoms with Gasteiger partial charge in [-0.1, -0.05) is 12.2 Å². The smallest absolute Gasteiger partial charge is 0.0222 e. The van der Waals surface area contributed by atoms with Gasteiger partial charge in [-0.2, -0.15) is 0 Å². The molecule has 0 saturated heterocycles. The summed E-state index contributed by atoms with van der Waals surface area (Å²) in [5.74, 6) is 0. The minimum atomic E-state index is -0.332. The number of hydroxylamine groups is 2. The van der Waals surface area contributed by atoms with E-state index in [2.05, 4.69) is 6.08 Å². The maximum atomic E-state index is 11.6. The third kappa shape index (κ3) is 1.47. The van der Waals surface area contributed by atoms with Gasteiger partial charge in [0.15, 0.2) is 0 Å².